The maximum Gasteiger partial charge on any atom is 0.133 e. The van der Waals surface area contributed by atoms with Crippen LogP contribution in [0.15, 0.2) is 0 Å². The van der Waals surface area contributed by atoms with Crippen molar-refractivity contribution in [2.24, 2.45) is 0 Å². The average molecular weight is 233 g/mol. The Kier molecular flexibility index (Phi) is 11.5. The SMILES string of the molecule is CCCCCNC(=S)SCCCCC. The minimum atomic E-state index is 0.984. The molecule has 0 amide bonds. The Morgan fingerprint density at radius 1 is 1.07 bits per heavy atom. The van der Waals surface area contributed by atoms with Crippen LogP contribution in [0.5, 0.6) is 0 Å². The standard InChI is InChI=1S/C11H23NS2/c1-3-5-7-9-12-11(13)14-10-8-6-4-2/h3-10H2,1-2H3,(H,12,13). The first-order valence-electron chi connectivity index (χ1n) is 5.71. The van der Waals surface area contributed by atoms with Gasteiger partial charge in [0.15, 0.2) is 0 Å². The van der Waals surface area contributed by atoms with Crippen molar-refractivity contribution in [2.45, 2.75) is 52.4 Å². The van der Waals surface area contributed by atoms with Crippen molar-refractivity contribution >= 4 is 28.3 Å². The number of hydrogen-bond donors (Lipinski definition) is 1. The molecule has 84 valence electrons. The Hall–Kier alpha value is 0.240. The molecule has 0 aromatic heterocycles. The summed E-state index contributed by atoms with van der Waals surface area (Å²) < 4.78 is 0.984. The van der Waals surface area contributed by atoms with E-state index in [1.807, 2.05) is 0 Å². The number of thioether (sulfide) groups is 1. The van der Waals surface area contributed by atoms with Gasteiger partial charge in [0.1, 0.15) is 4.32 Å². The third kappa shape index (κ3) is 10.3. The molecule has 14 heavy (non-hydrogen) atoms. The zero-order valence-electron chi connectivity index (χ0n) is 9.47. The zero-order valence-corrected chi connectivity index (χ0v) is 11.1. The number of unbranched alkanes of at least 4 members (excludes halogenated alkanes) is 4. The van der Waals surface area contributed by atoms with Crippen molar-refractivity contribution in [1.29, 1.82) is 0 Å². The Labute approximate surface area is 98.4 Å². The molecule has 0 aromatic carbocycles. The minimum absolute atomic E-state index is 0.984. The smallest absolute Gasteiger partial charge is 0.133 e. The second-order valence-electron chi connectivity index (χ2n) is 3.48. The number of nitrogens with one attached hydrogen (secondary N) is 1. The Balaban J connectivity index is 3.11. The molecule has 1 nitrogen and oxygen atoms in total. The Morgan fingerprint density at radius 3 is 2.36 bits per heavy atom. The molecule has 3 heteroatoms. The Bertz CT molecular complexity index is 123. The first-order valence-corrected chi connectivity index (χ1v) is 7.11. The van der Waals surface area contributed by atoms with Crippen LogP contribution in [0.1, 0.15) is 52.4 Å². The fourth-order valence-electron chi connectivity index (χ4n) is 1.13. The van der Waals surface area contributed by atoms with E-state index in [0.29, 0.717) is 0 Å². The van der Waals surface area contributed by atoms with Crippen molar-refractivity contribution in [1.82, 2.24) is 5.32 Å². The fraction of sp³-hybridized carbons (Fsp3) is 0.909. The lowest BCUT2D eigenvalue weighted by Gasteiger charge is -2.06. The van der Waals surface area contributed by atoms with Gasteiger partial charge in [-0.3, -0.25) is 0 Å². The fourth-order valence-corrected chi connectivity index (χ4v) is 2.22. The van der Waals surface area contributed by atoms with Gasteiger partial charge in [0, 0.05) is 12.3 Å². The summed E-state index contributed by atoms with van der Waals surface area (Å²) >= 11 is 7.00. The topological polar surface area (TPSA) is 12.0 Å². The minimum Gasteiger partial charge on any atom is -0.371 e. The van der Waals surface area contributed by atoms with Crippen LogP contribution in [0.3, 0.4) is 0 Å². The largest absolute Gasteiger partial charge is 0.371 e. The molecule has 0 atom stereocenters. The number of hydrogen-bond acceptors (Lipinski definition) is 2. The highest BCUT2D eigenvalue weighted by molar-refractivity contribution is 8.22. The van der Waals surface area contributed by atoms with Crippen LogP contribution in [-0.2, 0) is 0 Å². The summed E-state index contributed by atoms with van der Waals surface area (Å²) in [5.74, 6) is 1.17. The van der Waals surface area contributed by atoms with Crippen LogP contribution >= 0.6 is 24.0 Å². The molecule has 0 spiro atoms. The van der Waals surface area contributed by atoms with Crippen molar-refractivity contribution in [3.05, 3.63) is 0 Å². The summed E-state index contributed by atoms with van der Waals surface area (Å²) in [5.41, 5.74) is 0. The summed E-state index contributed by atoms with van der Waals surface area (Å²) in [5, 5.41) is 3.29. The van der Waals surface area contributed by atoms with E-state index in [-0.39, 0.29) is 0 Å². The first kappa shape index (κ1) is 14.2. The molecule has 0 saturated carbocycles. The first-order chi connectivity index (χ1) is 6.81. The van der Waals surface area contributed by atoms with Gasteiger partial charge in [-0.05, 0) is 12.8 Å². The molecule has 0 bridgehead atoms. The van der Waals surface area contributed by atoms with Crippen LogP contribution < -0.4 is 5.32 Å². The van der Waals surface area contributed by atoms with Crippen molar-refractivity contribution in [3.63, 3.8) is 0 Å². The van der Waals surface area contributed by atoms with Gasteiger partial charge in [0.25, 0.3) is 0 Å². The van der Waals surface area contributed by atoms with Gasteiger partial charge in [-0.1, -0.05) is 63.5 Å². The van der Waals surface area contributed by atoms with Gasteiger partial charge in [-0.15, -0.1) is 0 Å². The zero-order chi connectivity index (χ0) is 10.6. The molecule has 0 saturated heterocycles. The molecule has 0 fully saturated rings. The van der Waals surface area contributed by atoms with Gasteiger partial charge in [-0.2, -0.15) is 0 Å². The highest BCUT2D eigenvalue weighted by Crippen LogP contribution is 2.07. The second kappa shape index (κ2) is 11.3. The molecular formula is C11H23NS2. The molecular weight excluding hydrogens is 210 g/mol. The molecule has 0 unspecified atom stereocenters. The Morgan fingerprint density at radius 2 is 1.71 bits per heavy atom. The van der Waals surface area contributed by atoms with E-state index in [4.69, 9.17) is 12.2 Å². The van der Waals surface area contributed by atoms with E-state index in [9.17, 15) is 0 Å². The van der Waals surface area contributed by atoms with Gasteiger partial charge in [-0.25, -0.2) is 0 Å². The van der Waals surface area contributed by atoms with Crippen LogP contribution in [0.4, 0.5) is 0 Å². The van der Waals surface area contributed by atoms with Crippen LogP contribution in [-0.4, -0.2) is 16.6 Å². The van der Waals surface area contributed by atoms with Gasteiger partial charge in [0.2, 0.25) is 0 Å². The molecule has 0 aliphatic carbocycles. The maximum atomic E-state index is 5.21. The number of rotatable bonds is 8. The maximum absolute atomic E-state index is 5.21. The predicted molar refractivity (Wildman–Crippen MR) is 72.1 cm³/mol. The monoisotopic (exact) mass is 233 g/mol. The third-order valence-corrected chi connectivity index (χ3v) is 3.43. The van der Waals surface area contributed by atoms with Gasteiger partial charge < -0.3 is 5.32 Å². The molecule has 0 radical (unpaired) electrons. The lowest BCUT2D eigenvalue weighted by Crippen LogP contribution is -2.19. The highest BCUT2D eigenvalue weighted by Gasteiger charge is 1.95. The van der Waals surface area contributed by atoms with Gasteiger partial charge in [0.05, 0.1) is 0 Å². The molecule has 0 heterocycles. The quantitative estimate of drug-likeness (QED) is 0.503. The highest BCUT2D eigenvalue weighted by atomic mass is 32.2. The summed E-state index contributed by atoms with van der Waals surface area (Å²) in [6, 6.07) is 0. The molecule has 0 aliphatic heterocycles. The van der Waals surface area contributed by atoms with Crippen LogP contribution in [0.2, 0.25) is 0 Å². The van der Waals surface area contributed by atoms with E-state index in [2.05, 4.69) is 19.2 Å². The predicted octanol–water partition coefficient (Wildman–Crippen LogP) is 3.97. The molecule has 0 rings (SSSR count). The summed E-state index contributed by atoms with van der Waals surface area (Å²) in [6.07, 6.45) is 7.72. The van der Waals surface area contributed by atoms with Gasteiger partial charge >= 0.3 is 0 Å². The van der Waals surface area contributed by atoms with E-state index < -0.39 is 0 Å². The molecule has 0 aliphatic rings. The van der Waals surface area contributed by atoms with E-state index >= 15 is 0 Å². The summed E-state index contributed by atoms with van der Waals surface area (Å²) in [6.45, 7) is 5.50. The third-order valence-electron chi connectivity index (χ3n) is 2.03. The second-order valence-corrected chi connectivity index (χ2v) is 5.25. The van der Waals surface area contributed by atoms with E-state index in [0.717, 1.165) is 10.9 Å². The van der Waals surface area contributed by atoms with Crippen LogP contribution in [0, 0.1) is 0 Å². The molecule has 0 aromatic rings. The van der Waals surface area contributed by atoms with E-state index in [1.54, 1.807) is 11.8 Å². The van der Waals surface area contributed by atoms with Crippen molar-refractivity contribution < 1.29 is 0 Å². The van der Waals surface area contributed by atoms with Crippen molar-refractivity contribution in [2.75, 3.05) is 12.3 Å². The lowest BCUT2D eigenvalue weighted by atomic mass is 10.2. The average Bonchev–Trinajstić information content (AvgIpc) is 2.19. The van der Waals surface area contributed by atoms with Crippen LogP contribution in [0.25, 0.3) is 0 Å². The lowest BCUT2D eigenvalue weighted by molar-refractivity contribution is 0.700. The molecule has 1 N–H and O–H groups in total. The normalized spacial score (nSPS) is 10.1. The van der Waals surface area contributed by atoms with E-state index in [1.165, 1.54) is 44.3 Å². The van der Waals surface area contributed by atoms with Crippen molar-refractivity contribution in [3.8, 4) is 0 Å². The summed E-state index contributed by atoms with van der Waals surface area (Å²) in [7, 11) is 0. The summed E-state index contributed by atoms with van der Waals surface area (Å²) in [4.78, 5) is 0. The number of thiocarbonyl (C=S) groups is 1.